The predicted molar refractivity (Wildman–Crippen MR) is 142 cm³/mol. The number of fused-ring (bicyclic) bond motifs is 1. The number of allylic oxidation sites excluding steroid dienone is 3. The molecule has 1 atom stereocenters. The zero-order valence-corrected chi connectivity index (χ0v) is 20.9. The molecule has 0 bridgehead atoms. The summed E-state index contributed by atoms with van der Waals surface area (Å²) in [4.78, 5) is 13.0. The van der Waals surface area contributed by atoms with E-state index in [0.717, 1.165) is 36.3 Å². The Morgan fingerprint density at radius 1 is 1.06 bits per heavy atom. The minimum Gasteiger partial charge on any atom is -0.492 e. The highest BCUT2D eigenvalue weighted by Crippen LogP contribution is 2.44. The van der Waals surface area contributed by atoms with Gasteiger partial charge in [-0.1, -0.05) is 54.6 Å². The molecule has 0 amide bonds. The maximum atomic E-state index is 11.7. The number of carboxylic acid groups (broad SMARTS) is 1. The SMILES string of the molecule is O=C(O)C(Cc1ccc(OCCN2SC3=C(CC=C3)Cc3ccsc32)cc1)OCc1ccccc1. The summed E-state index contributed by atoms with van der Waals surface area (Å²) in [5.74, 6) is -0.183. The molecule has 1 unspecified atom stereocenters. The summed E-state index contributed by atoms with van der Waals surface area (Å²) in [5.41, 5.74) is 4.75. The number of carbonyl (C=O) groups is 1. The number of hydrogen-bond acceptors (Lipinski definition) is 6. The van der Waals surface area contributed by atoms with Crippen molar-refractivity contribution in [2.45, 2.75) is 32.0 Å². The van der Waals surface area contributed by atoms with Gasteiger partial charge < -0.3 is 14.6 Å². The lowest BCUT2D eigenvalue weighted by molar-refractivity contribution is -0.151. The number of anilines is 1. The molecule has 1 N–H and O–H groups in total. The average molecular weight is 506 g/mol. The molecule has 2 aromatic carbocycles. The molecule has 0 saturated heterocycles. The van der Waals surface area contributed by atoms with Gasteiger partial charge in [0.05, 0.1) is 13.2 Å². The monoisotopic (exact) mass is 505 g/mol. The van der Waals surface area contributed by atoms with Crippen LogP contribution in [-0.4, -0.2) is 30.3 Å². The second-order valence-corrected chi connectivity index (χ2v) is 10.5. The highest BCUT2D eigenvalue weighted by Gasteiger charge is 2.24. The van der Waals surface area contributed by atoms with Gasteiger partial charge in [-0.3, -0.25) is 4.31 Å². The Balaban J connectivity index is 1.14. The Morgan fingerprint density at radius 2 is 1.89 bits per heavy atom. The van der Waals surface area contributed by atoms with E-state index >= 15 is 0 Å². The number of rotatable bonds is 10. The van der Waals surface area contributed by atoms with Crippen LogP contribution in [0.2, 0.25) is 0 Å². The molecule has 7 heteroatoms. The van der Waals surface area contributed by atoms with Gasteiger partial charge in [0, 0.05) is 11.3 Å². The smallest absolute Gasteiger partial charge is 0.333 e. The summed E-state index contributed by atoms with van der Waals surface area (Å²) in [7, 11) is 0. The quantitative estimate of drug-likeness (QED) is 0.328. The Labute approximate surface area is 213 Å². The first-order valence-electron chi connectivity index (χ1n) is 11.7. The molecule has 1 aliphatic carbocycles. The molecule has 1 aliphatic heterocycles. The van der Waals surface area contributed by atoms with Crippen molar-refractivity contribution in [1.29, 1.82) is 0 Å². The van der Waals surface area contributed by atoms with E-state index in [1.54, 1.807) is 11.3 Å². The summed E-state index contributed by atoms with van der Waals surface area (Å²) >= 11 is 3.59. The molecule has 3 aromatic rings. The van der Waals surface area contributed by atoms with Crippen molar-refractivity contribution in [3.63, 3.8) is 0 Å². The van der Waals surface area contributed by atoms with Crippen molar-refractivity contribution in [2.75, 3.05) is 17.5 Å². The second-order valence-electron chi connectivity index (χ2n) is 8.52. The molecule has 0 radical (unpaired) electrons. The van der Waals surface area contributed by atoms with Crippen LogP contribution in [0.15, 0.2) is 88.7 Å². The number of carboxylic acids is 1. The van der Waals surface area contributed by atoms with E-state index in [1.165, 1.54) is 21.0 Å². The van der Waals surface area contributed by atoms with Gasteiger partial charge in [-0.15, -0.1) is 11.3 Å². The summed E-state index contributed by atoms with van der Waals surface area (Å²) in [5, 5.41) is 13.1. The van der Waals surface area contributed by atoms with Crippen LogP contribution in [0.3, 0.4) is 0 Å². The van der Waals surface area contributed by atoms with Crippen LogP contribution < -0.4 is 9.04 Å². The Bertz CT molecular complexity index is 1220. The summed E-state index contributed by atoms with van der Waals surface area (Å²) in [6.07, 6.45) is 5.96. The third-order valence-corrected chi connectivity index (χ3v) is 8.32. The third-order valence-electron chi connectivity index (χ3n) is 6.02. The molecule has 2 aliphatic rings. The summed E-state index contributed by atoms with van der Waals surface area (Å²) in [6.45, 7) is 1.61. The van der Waals surface area contributed by atoms with Crippen LogP contribution in [0.1, 0.15) is 23.1 Å². The van der Waals surface area contributed by atoms with Crippen LogP contribution in [0.5, 0.6) is 5.75 Å². The molecule has 0 spiro atoms. The number of aliphatic carboxylic acids is 1. The van der Waals surface area contributed by atoms with E-state index in [2.05, 4.69) is 27.9 Å². The Morgan fingerprint density at radius 3 is 2.69 bits per heavy atom. The van der Waals surface area contributed by atoms with Crippen LogP contribution >= 0.6 is 23.3 Å². The van der Waals surface area contributed by atoms with Gasteiger partial charge in [0.1, 0.15) is 17.4 Å². The molecule has 0 saturated carbocycles. The number of benzene rings is 2. The van der Waals surface area contributed by atoms with Crippen molar-refractivity contribution >= 4 is 34.3 Å². The molecule has 2 heterocycles. The topological polar surface area (TPSA) is 59.0 Å². The fraction of sp³-hybridized carbons (Fsp3) is 0.250. The standard InChI is InChI=1S/C28H27NO4S2/c30-28(31)25(33-19-21-5-2-1-3-6-21)17-20-9-11-24(12-10-20)32-15-14-29-27-23(13-16-34-27)18-22-7-4-8-26(22)35-29/h1-6,8-13,16,25H,7,14-15,17-19H2,(H,30,31). The van der Waals surface area contributed by atoms with Crippen LogP contribution in [0.4, 0.5) is 5.00 Å². The van der Waals surface area contributed by atoms with Crippen molar-refractivity contribution in [3.05, 3.63) is 105 Å². The largest absolute Gasteiger partial charge is 0.492 e. The molecular weight excluding hydrogens is 478 g/mol. The third kappa shape index (κ3) is 5.99. The lowest BCUT2D eigenvalue weighted by Crippen LogP contribution is -2.26. The van der Waals surface area contributed by atoms with Crippen LogP contribution in [0, 0.1) is 0 Å². The molecular formula is C28H27NO4S2. The highest BCUT2D eigenvalue weighted by molar-refractivity contribution is 8.04. The molecule has 5 rings (SSSR count). The number of nitrogens with zero attached hydrogens (tertiary/aromatic N) is 1. The van der Waals surface area contributed by atoms with Gasteiger partial charge >= 0.3 is 5.97 Å². The molecule has 0 fully saturated rings. The maximum Gasteiger partial charge on any atom is 0.333 e. The van der Waals surface area contributed by atoms with Crippen molar-refractivity contribution in [1.82, 2.24) is 0 Å². The highest BCUT2D eigenvalue weighted by atomic mass is 32.2. The zero-order chi connectivity index (χ0) is 24.0. The number of thiophene rings is 1. The normalized spacial score (nSPS) is 15.5. The summed E-state index contributed by atoms with van der Waals surface area (Å²) < 4.78 is 14.0. The number of ether oxygens (including phenoxy) is 2. The number of hydrogen-bond donors (Lipinski definition) is 1. The van der Waals surface area contributed by atoms with E-state index in [4.69, 9.17) is 9.47 Å². The van der Waals surface area contributed by atoms with Crippen LogP contribution in [-0.2, 0) is 29.0 Å². The lowest BCUT2D eigenvalue weighted by atomic mass is 10.1. The van der Waals surface area contributed by atoms with Crippen LogP contribution in [0.25, 0.3) is 0 Å². The van der Waals surface area contributed by atoms with Gasteiger partial charge in [-0.05, 0) is 70.6 Å². The molecule has 1 aromatic heterocycles. The van der Waals surface area contributed by atoms with Crippen molar-refractivity contribution < 1.29 is 19.4 Å². The molecule has 35 heavy (non-hydrogen) atoms. The predicted octanol–water partition coefficient (Wildman–Crippen LogP) is 6.26. The first-order chi connectivity index (χ1) is 17.2. The van der Waals surface area contributed by atoms with Crippen molar-refractivity contribution in [3.8, 4) is 5.75 Å². The summed E-state index contributed by atoms with van der Waals surface area (Å²) in [6, 6.07) is 19.5. The zero-order valence-electron chi connectivity index (χ0n) is 19.3. The Kier molecular flexibility index (Phi) is 7.57. The van der Waals surface area contributed by atoms with Gasteiger partial charge in [-0.25, -0.2) is 4.79 Å². The minimum atomic E-state index is -0.959. The fourth-order valence-electron chi connectivity index (χ4n) is 4.17. The van der Waals surface area contributed by atoms with Crippen molar-refractivity contribution in [2.24, 2.45) is 0 Å². The first-order valence-corrected chi connectivity index (χ1v) is 13.3. The van der Waals surface area contributed by atoms with E-state index in [0.29, 0.717) is 13.0 Å². The fourth-order valence-corrected chi connectivity index (χ4v) is 6.32. The van der Waals surface area contributed by atoms with E-state index < -0.39 is 12.1 Å². The molecule has 5 nitrogen and oxygen atoms in total. The van der Waals surface area contributed by atoms with Gasteiger partial charge in [0.2, 0.25) is 0 Å². The average Bonchev–Trinajstić information content (AvgIpc) is 3.50. The Hall–Kier alpha value is -3.00. The minimum absolute atomic E-state index is 0.271. The van der Waals surface area contributed by atoms with E-state index in [9.17, 15) is 9.90 Å². The van der Waals surface area contributed by atoms with Gasteiger partial charge in [0.15, 0.2) is 6.10 Å². The first kappa shape index (κ1) is 23.7. The lowest BCUT2D eigenvalue weighted by Gasteiger charge is -2.22. The molecule has 180 valence electrons. The van der Waals surface area contributed by atoms with Gasteiger partial charge in [-0.2, -0.15) is 0 Å². The van der Waals surface area contributed by atoms with E-state index in [1.807, 2.05) is 66.5 Å². The second kappa shape index (κ2) is 11.2. The van der Waals surface area contributed by atoms with E-state index in [-0.39, 0.29) is 6.61 Å². The van der Waals surface area contributed by atoms with Gasteiger partial charge in [0.25, 0.3) is 0 Å². The maximum absolute atomic E-state index is 11.7.